The zero-order valence-corrected chi connectivity index (χ0v) is 14.1. The van der Waals surface area contributed by atoms with Crippen LogP contribution in [0.5, 0.6) is 5.75 Å². The van der Waals surface area contributed by atoms with E-state index in [0.717, 1.165) is 12.1 Å². The average molecular weight is 343 g/mol. The third kappa shape index (κ3) is 4.14. The number of hydrogen-bond donors (Lipinski definition) is 1. The zero-order chi connectivity index (χ0) is 17.6. The van der Waals surface area contributed by atoms with Crippen LogP contribution in [-0.4, -0.2) is 46.8 Å². The second kappa shape index (κ2) is 7.78. The molecule has 2 heterocycles. The molecule has 0 unspecified atom stereocenters. The summed E-state index contributed by atoms with van der Waals surface area (Å²) in [6.45, 7) is 1.63. The second-order valence-electron chi connectivity index (χ2n) is 5.91. The Balaban J connectivity index is 1.50. The molecule has 8 heteroatoms. The van der Waals surface area contributed by atoms with Gasteiger partial charge in [-0.15, -0.1) is 0 Å². The van der Waals surface area contributed by atoms with Crippen LogP contribution in [0.15, 0.2) is 36.9 Å². The molecule has 1 aliphatic heterocycles. The van der Waals surface area contributed by atoms with Crippen molar-refractivity contribution in [3.05, 3.63) is 36.9 Å². The van der Waals surface area contributed by atoms with Gasteiger partial charge in [0.2, 0.25) is 11.8 Å². The van der Waals surface area contributed by atoms with Crippen molar-refractivity contribution in [3.63, 3.8) is 0 Å². The predicted molar refractivity (Wildman–Crippen MR) is 91.1 cm³/mol. The molecule has 1 atom stereocenters. The standard InChI is InChI=1S/C17H21N5O3/c1-25-15-5-2-4-14(9-15)22-10-13(8-16(22)23)17(24)19-6-3-7-21-12-18-11-20-21/h2,4-5,9,11-13H,3,6-8,10H2,1H3,(H,19,24)/t13-/m0/s1. The Morgan fingerprint density at radius 1 is 1.44 bits per heavy atom. The van der Waals surface area contributed by atoms with Crippen LogP contribution >= 0.6 is 0 Å². The maximum Gasteiger partial charge on any atom is 0.227 e. The highest BCUT2D eigenvalue weighted by molar-refractivity contribution is 6.00. The number of ether oxygens (including phenoxy) is 1. The minimum Gasteiger partial charge on any atom is -0.497 e. The lowest BCUT2D eigenvalue weighted by molar-refractivity contribution is -0.126. The molecule has 1 fully saturated rings. The number of nitrogens with one attached hydrogen (secondary N) is 1. The third-order valence-electron chi connectivity index (χ3n) is 4.19. The molecule has 0 spiro atoms. The Labute approximate surface area is 145 Å². The monoisotopic (exact) mass is 343 g/mol. The molecule has 1 N–H and O–H groups in total. The van der Waals surface area contributed by atoms with Crippen molar-refractivity contribution < 1.29 is 14.3 Å². The maximum atomic E-state index is 12.3. The van der Waals surface area contributed by atoms with Gasteiger partial charge >= 0.3 is 0 Å². The fraction of sp³-hybridized carbons (Fsp3) is 0.412. The molecule has 2 aromatic rings. The number of carbonyl (C=O) groups excluding carboxylic acids is 2. The van der Waals surface area contributed by atoms with Crippen LogP contribution in [0.2, 0.25) is 0 Å². The molecule has 2 amide bonds. The Morgan fingerprint density at radius 2 is 2.32 bits per heavy atom. The minimum absolute atomic E-state index is 0.0454. The van der Waals surface area contributed by atoms with Crippen LogP contribution in [-0.2, 0) is 16.1 Å². The number of benzene rings is 1. The van der Waals surface area contributed by atoms with Gasteiger partial charge in [0.15, 0.2) is 0 Å². The number of anilines is 1. The number of carbonyl (C=O) groups is 2. The van der Waals surface area contributed by atoms with Gasteiger partial charge in [0, 0.05) is 37.8 Å². The van der Waals surface area contributed by atoms with Crippen LogP contribution in [0.25, 0.3) is 0 Å². The van der Waals surface area contributed by atoms with E-state index in [0.29, 0.717) is 25.4 Å². The van der Waals surface area contributed by atoms with Gasteiger partial charge < -0.3 is 15.0 Å². The van der Waals surface area contributed by atoms with Gasteiger partial charge in [-0.25, -0.2) is 4.98 Å². The molecule has 0 aliphatic carbocycles. The summed E-state index contributed by atoms with van der Waals surface area (Å²) in [6.07, 6.45) is 4.11. The summed E-state index contributed by atoms with van der Waals surface area (Å²) < 4.78 is 6.91. The van der Waals surface area contributed by atoms with Crippen LogP contribution in [0, 0.1) is 5.92 Å². The fourth-order valence-electron chi connectivity index (χ4n) is 2.86. The Bertz CT molecular complexity index is 732. The van der Waals surface area contributed by atoms with Crippen LogP contribution in [0.1, 0.15) is 12.8 Å². The minimum atomic E-state index is -0.329. The van der Waals surface area contributed by atoms with Gasteiger partial charge in [-0.2, -0.15) is 5.10 Å². The quantitative estimate of drug-likeness (QED) is 0.753. The highest BCUT2D eigenvalue weighted by atomic mass is 16.5. The van der Waals surface area contributed by atoms with Crippen LogP contribution in [0.4, 0.5) is 5.69 Å². The largest absolute Gasteiger partial charge is 0.497 e. The smallest absolute Gasteiger partial charge is 0.227 e. The summed E-state index contributed by atoms with van der Waals surface area (Å²) in [5.41, 5.74) is 0.755. The summed E-state index contributed by atoms with van der Waals surface area (Å²) in [4.78, 5) is 30.1. The van der Waals surface area contributed by atoms with Crippen molar-refractivity contribution in [3.8, 4) is 5.75 Å². The number of aromatic nitrogens is 3. The molecular formula is C17H21N5O3. The Kier molecular flexibility index (Phi) is 5.27. The number of amides is 2. The van der Waals surface area contributed by atoms with Gasteiger partial charge in [-0.05, 0) is 18.6 Å². The summed E-state index contributed by atoms with van der Waals surface area (Å²) in [5, 5.41) is 6.91. The number of aryl methyl sites for hydroxylation is 1. The van der Waals surface area contributed by atoms with Crippen molar-refractivity contribution in [2.45, 2.75) is 19.4 Å². The molecule has 1 aromatic heterocycles. The van der Waals surface area contributed by atoms with Gasteiger partial charge in [-0.3, -0.25) is 14.3 Å². The molecule has 1 aliphatic rings. The fourth-order valence-corrected chi connectivity index (χ4v) is 2.86. The average Bonchev–Trinajstić information content (AvgIpc) is 3.28. The van der Waals surface area contributed by atoms with E-state index >= 15 is 0 Å². The van der Waals surface area contributed by atoms with E-state index in [1.54, 1.807) is 29.1 Å². The molecule has 25 heavy (non-hydrogen) atoms. The van der Waals surface area contributed by atoms with E-state index < -0.39 is 0 Å². The first-order valence-electron chi connectivity index (χ1n) is 8.22. The lowest BCUT2D eigenvalue weighted by Crippen LogP contribution is -2.33. The molecule has 8 nitrogen and oxygen atoms in total. The van der Waals surface area contributed by atoms with Crippen molar-refractivity contribution >= 4 is 17.5 Å². The molecule has 0 radical (unpaired) electrons. The molecule has 0 bridgehead atoms. The zero-order valence-electron chi connectivity index (χ0n) is 14.1. The van der Waals surface area contributed by atoms with E-state index in [4.69, 9.17) is 4.74 Å². The van der Waals surface area contributed by atoms with Gasteiger partial charge in [-0.1, -0.05) is 6.07 Å². The molecular weight excluding hydrogens is 322 g/mol. The van der Waals surface area contributed by atoms with Gasteiger partial charge in [0.05, 0.1) is 13.0 Å². The highest BCUT2D eigenvalue weighted by Gasteiger charge is 2.35. The summed E-state index contributed by atoms with van der Waals surface area (Å²) in [5.74, 6) is 0.227. The normalized spacial score (nSPS) is 16.9. The molecule has 1 aromatic carbocycles. The van der Waals surface area contributed by atoms with Crippen LogP contribution in [0.3, 0.4) is 0 Å². The lowest BCUT2D eigenvalue weighted by atomic mass is 10.1. The number of hydrogen-bond acceptors (Lipinski definition) is 5. The van der Waals surface area contributed by atoms with Gasteiger partial charge in [0.25, 0.3) is 0 Å². The SMILES string of the molecule is COc1cccc(N2C[C@@H](C(=O)NCCCn3cncn3)CC2=O)c1. The number of nitrogens with zero attached hydrogens (tertiary/aromatic N) is 4. The first-order chi connectivity index (χ1) is 12.2. The van der Waals surface area contributed by atoms with Gasteiger partial charge in [0.1, 0.15) is 18.4 Å². The van der Waals surface area contributed by atoms with Crippen LogP contribution < -0.4 is 15.0 Å². The first-order valence-corrected chi connectivity index (χ1v) is 8.22. The number of rotatable bonds is 7. The second-order valence-corrected chi connectivity index (χ2v) is 5.91. The molecule has 0 saturated carbocycles. The summed E-state index contributed by atoms with van der Waals surface area (Å²) in [6, 6.07) is 7.30. The Morgan fingerprint density at radius 3 is 3.08 bits per heavy atom. The van der Waals surface area contributed by atoms with Crippen molar-refractivity contribution in [2.75, 3.05) is 25.1 Å². The Hall–Kier alpha value is -2.90. The number of methoxy groups -OCH3 is 1. The van der Waals surface area contributed by atoms with E-state index in [1.165, 1.54) is 6.33 Å². The van der Waals surface area contributed by atoms with E-state index in [1.807, 2.05) is 18.2 Å². The van der Waals surface area contributed by atoms with E-state index in [2.05, 4.69) is 15.4 Å². The molecule has 1 saturated heterocycles. The molecule has 132 valence electrons. The van der Waals surface area contributed by atoms with Crippen molar-refractivity contribution in [1.29, 1.82) is 0 Å². The lowest BCUT2D eigenvalue weighted by Gasteiger charge is -2.17. The van der Waals surface area contributed by atoms with Crippen molar-refractivity contribution in [2.24, 2.45) is 5.92 Å². The van der Waals surface area contributed by atoms with E-state index in [-0.39, 0.29) is 24.2 Å². The predicted octanol–water partition coefficient (Wildman–Crippen LogP) is 0.846. The maximum absolute atomic E-state index is 12.3. The molecule has 3 rings (SSSR count). The summed E-state index contributed by atoms with van der Waals surface area (Å²) >= 11 is 0. The topological polar surface area (TPSA) is 89.3 Å². The van der Waals surface area contributed by atoms with E-state index in [9.17, 15) is 9.59 Å². The van der Waals surface area contributed by atoms with Crippen molar-refractivity contribution in [1.82, 2.24) is 20.1 Å². The first kappa shape index (κ1) is 16.9. The summed E-state index contributed by atoms with van der Waals surface area (Å²) in [7, 11) is 1.58. The highest BCUT2D eigenvalue weighted by Crippen LogP contribution is 2.27. The third-order valence-corrected chi connectivity index (χ3v) is 4.19.